The van der Waals surface area contributed by atoms with Gasteiger partial charge in [-0.15, -0.1) is 0 Å². The number of aliphatic hydroxyl groups is 1. The Labute approximate surface area is 129 Å². The number of fused-ring (bicyclic) bond motifs is 1. The number of hydrogen-bond acceptors (Lipinski definition) is 5. The SMILES string of the molecule is CC1(C)OB(C(=Cc2cnc3[nH]ccc3n2)CO)OC1(C)C. The third kappa shape index (κ3) is 2.56. The number of nitrogens with one attached hydrogen (secondary N) is 1. The van der Waals surface area contributed by atoms with Gasteiger partial charge in [0.15, 0.2) is 5.65 Å². The Morgan fingerprint density at radius 2 is 2.00 bits per heavy atom. The zero-order valence-electron chi connectivity index (χ0n) is 13.3. The molecule has 2 aromatic rings. The molecule has 0 spiro atoms. The fraction of sp³-hybridized carbons (Fsp3) is 0.467. The summed E-state index contributed by atoms with van der Waals surface area (Å²) in [5.41, 5.74) is 1.91. The Kier molecular flexibility index (Phi) is 3.59. The molecule has 0 radical (unpaired) electrons. The Morgan fingerprint density at radius 1 is 1.32 bits per heavy atom. The van der Waals surface area contributed by atoms with Gasteiger partial charge >= 0.3 is 7.12 Å². The maximum absolute atomic E-state index is 9.68. The van der Waals surface area contributed by atoms with Crippen LogP contribution in [0.15, 0.2) is 23.9 Å². The first kappa shape index (κ1) is 15.2. The second kappa shape index (κ2) is 5.19. The van der Waals surface area contributed by atoms with Gasteiger partial charge in [-0.1, -0.05) is 0 Å². The Bertz CT molecular complexity index is 708. The quantitative estimate of drug-likeness (QED) is 0.847. The minimum absolute atomic E-state index is 0.163. The highest BCUT2D eigenvalue weighted by atomic mass is 16.7. The van der Waals surface area contributed by atoms with Crippen LogP contribution in [0.1, 0.15) is 33.4 Å². The van der Waals surface area contributed by atoms with E-state index in [9.17, 15) is 5.11 Å². The summed E-state index contributed by atoms with van der Waals surface area (Å²) in [5, 5.41) is 9.68. The molecule has 1 aliphatic heterocycles. The van der Waals surface area contributed by atoms with Gasteiger partial charge < -0.3 is 19.4 Å². The zero-order chi connectivity index (χ0) is 16.0. The van der Waals surface area contributed by atoms with E-state index in [0.29, 0.717) is 11.2 Å². The van der Waals surface area contributed by atoms with Gasteiger partial charge in [-0.25, -0.2) is 9.97 Å². The molecule has 0 bridgehead atoms. The van der Waals surface area contributed by atoms with Crippen molar-refractivity contribution in [2.45, 2.75) is 38.9 Å². The van der Waals surface area contributed by atoms with Crippen LogP contribution in [-0.2, 0) is 9.31 Å². The number of aliphatic hydroxyl groups excluding tert-OH is 1. The standard InChI is InChI=1S/C15H20BN3O3/c1-14(2)15(3,4)22-16(21-14)10(9-20)7-11-8-18-13-12(19-11)5-6-17-13/h5-8,20H,9H2,1-4H3,(H,17,18). The van der Waals surface area contributed by atoms with Crippen LogP contribution in [0.3, 0.4) is 0 Å². The van der Waals surface area contributed by atoms with E-state index in [1.165, 1.54) is 0 Å². The van der Waals surface area contributed by atoms with E-state index in [-0.39, 0.29) is 6.61 Å². The van der Waals surface area contributed by atoms with Crippen LogP contribution in [0.25, 0.3) is 17.2 Å². The van der Waals surface area contributed by atoms with Gasteiger partial charge in [0.1, 0.15) is 5.52 Å². The Hall–Kier alpha value is -1.70. The van der Waals surface area contributed by atoms with Crippen molar-refractivity contribution in [3.05, 3.63) is 29.6 Å². The van der Waals surface area contributed by atoms with E-state index in [4.69, 9.17) is 9.31 Å². The number of H-pyrrole nitrogens is 1. The zero-order valence-corrected chi connectivity index (χ0v) is 13.3. The normalized spacial score (nSPS) is 20.8. The minimum atomic E-state index is -0.585. The molecule has 1 aliphatic rings. The van der Waals surface area contributed by atoms with E-state index in [2.05, 4.69) is 15.0 Å². The summed E-state index contributed by atoms with van der Waals surface area (Å²) in [4.78, 5) is 11.8. The molecule has 2 N–H and O–H groups in total. The van der Waals surface area contributed by atoms with E-state index < -0.39 is 18.3 Å². The van der Waals surface area contributed by atoms with E-state index >= 15 is 0 Å². The molecule has 0 saturated carbocycles. The Morgan fingerprint density at radius 3 is 2.64 bits per heavy atom. The predicted molar refractivity (Wildman–Crippen MR) is 85.0 cm³/mol. The third-order valence-corrected chi connectivity index (χ3v) is 4.35. The molecule has 116 valence electrons. The fourth-order valence-corrected chi connectivity index (χ4v) is 2.29. The van der Waals surface area contributed by atoms with Gasteiger partial charge in [-0.3, -0.25) is 0 Å². The molecular formula is C15H20BN3O3. The highest BCUT2D eigenvalue weighted by molar-refractivity contribution is 6.55. The molecule has 3 heterocycles. The van der Waals surface area contributed by atoms with Gasteiger partial charge in [0.05, 0.1) is 29.7 Å². The van der Waals surface area contributed by atoms with Crippen LogP contribution in [0.5, 0.6) is 0 Å². The molecule has 0 unspecified atom stereocenters. The number of aromatic nitrogens is 3. The van der Waals surface area contributed by atoms with Crippen LogP contribution < -0.4 is 0 Å². The highest BCUT2D eigenvalue weighted by Gasteiger charge is 2.52. The van der Waals surface area contributed by atoms with Crippen LogP contribution in [0.2, 0.25) is 0 Å². The third-order valence-electron chi connectivity index (χ3n) is 4.35. The largest absolute Gasteiger partial charge is 0.492 e. The summed E-state index contributed by atoms with van der Waals surface area (Å²) in [5.74, 6) is 0. The first-order valence-corrected chi connectivity index (χ1v) is 7.29. The molecule has 0 aliphatic carbocycles. The monoisotopic (exact) mass is 301 g/mol. The molecule has 0 atom stereocenters. The van der Waals surface area contributed by atoms with Gasteiger partial charge in [-0.2, -0.15) is 0 Å². The summed E-state index contributed by atoms with van der Waals surface area (Å²) in [6, 6.07) is 1.85. The lowest BCUT2D eigenvalue weighted by atomic mass is 9.78. The van der Waals surface area contributed by atoms with Crippen LogP contribution in [0.4, 0.5) is 0 Å². The number of nitrogens with zero attached hydrogens (tertiary/aromatic N) is 2. The lowest BCUT2D eigenvalue weighted by molar-refractivity contribution is 0.00578. The molecule has 1 saturated heterocycles. The van der Waals surface area contributed by atoms with Crippen molar-refractivity contribution in [1.82, 2.24) is 15.0 Å². The summed E-state index contributed by atoms with van der Waals surface area (Å²) < 4.78 is 11.9. The Balaban J connectivity index is 1.90. The molecule has 22 heavy (non-hydrogen) atoms. The van der Waals surface area contributed by atoms with Crippen molar-refractivity contribution in [1.29, 1.82) is 0 Å². The lowest BCUT2D eigenvalue weighted by Crippen LogP contribution is -2.41. The highest BCUT2D eigenvalue weighted by Crippen LogP contribution is 2.38. The second-order valence-electron chi connectivity index (χ2n) is 6.47. The van der Waals surface area contributed by atoms with Gasteiger partial charge in [0.25, 0.3) is 0 Å². The first-order valence-electron chi connectivity index (χ1n) is 7.29. The van der Waals surface area contributed by atoms with E-state index in [1.54, 1.807) is 18.5 Å². The molecule has 2 aromatic heterocycles. The second-order valence-corrected chi connectivity index (χ2v) is 6.47. The van der Waals surface area contributed by atoms with Crippen molar-refractivity contribution < 1.29 is 14.4 Å². The summed E-state index contributed by atoms with van der Waals surface area (Å²) in [6.45, 7) is 7.76. The maximum atomic E-state index is 9.68. The molecule has 0 aromatic carbocycles. The van der Waals surface area contributed by atoms with Crippen LogP contribution in [0, 0.1) is 0 Å². The lowest BCUT2D eigenvalue weighted by Gasteiger charge is -2.32. The number of hydrogen-bond donors (Lipinski definition) is 2. The number of rotatable bonds is 3. The van der Waals surface area contributed by atoms with E-state index in [1.807, 2.05) is 33.8 Å². The van der Waals surface area contributed by atoms with Gasteiger partial charge in [-0.05, 0) is 45.3 Å². The van der Waals surface area contributed by atoms with Crippen molar-refractivity contribution in [2.24, 2.45) is 0 Å². The fourth-order valence-electron chi connectivity index (χ4n) is 2.29. The van der Waals surface area contributed by atoms with Crippen molar-refractivity contribution >= 4 is 24.4 Å². The van der Waals surface area contributed by atoms with Gasteiger partial charge in [0.2, 0.25) is 0 Å². The topological polar surface area (TPSA) is 80.3 Å². The smallest absolute Gasteiger partial charge is 0.400 e. The minimum Gasteiger partial charge on any atom is -0.400 e. The maximum Gasteiger partial charge on any atom is 0.492 e. The molecule has 3 rings (SSSR count). The van der Waals surface area contributed by atoms with Crippen LogP contribution >= 0.6 is 0 Å². The molecule has 7 heteroatoms. The molecule has 1 fully saturated rings. The summed E-state index contributed by atoms with van der Waals surface area (Å²) in [7, 11) is -0.585. The predicted octanol–water partition coefficient (Wildman–Crippen LogP) is 1.96. The van der Waals surface area contributed by atoms with Crippen molar-refractivity contribution in [3.8, 4) is 0 Å². The molecular weight excluding hydrogens is 281 g/mol. The average Bonchev–Trinajstić information content (AvgIpc) is 2.98. The van der Waals surface area contributed by atoms with Crippen molar-refractivity contribution in [2.75, 3.05) is 6.61 Å². The van der Waals surface area contributed by atoms with Crippen molar-refractivity contribution in [3.63, 3.8) is 0 Å². The molecule has 6 nitrogen and oxygen atoms in total. The summed E-state index contributed by atoms with van der Waals surface area (Å²) in [6.07, 6.45) is 5.21. The van der Waals surface area contributed by atoms with E-state index in [0.717, 1.165) is 11.2 Å². The number of aromatic amines is 1. The first-order chi connectivity index (χ1) is 10.3. The average molecular weight is 301 g/mol. The summed E-state index contributed by atoms with van der Waals surface area (Å²) >= 11 is 0. The molecule has 0 amide bonds. The van der Waals surface area contributed by atoms with Crippen LogP contribution in [-0.4, -0.2) is 45.0 Å². The van der Waals surface area contributed by atoms with Gasteiger partial charge in [0, 0.05) is 6.20 Å².